The molecule has 0 saturated carbocycles. The van der Waals surface area contributed by atoms with Crippen LogP contribution in [0.4, 0.5) is 15.2 Å². The number of nitrogen functional groups attached to an aromatic ring is 1. The molecule has 1 amide bonds. The fourth-order valence-corrected chi connectivity index (χ4v) is 2.51. The molecule has 1 heterocycles. The predicted molar refractivity (Wildman–Crippen MR) is 87.5 cm³/mol. The van der Waals surface area contributed by atoms with E-state index >= 15 is 0 Å². The Labute approximate surface area is 132 Å². The van der Waals surface area contributed by atoms with Crippen LogP contribution < -0.4 is 16.4 Å². The number of anilines is 2. The highest BCUT2D eigenvalue weighted by molar-refractivity contribution is 7.13. The minimum atomic E-state index is -0.326. The second-order valence-electron chi connectivity index (χ2n) is 4.97. The van der Waals surface area contributed by atoms with E-state index in [9.17, 15) is 9.18 Å². The van der Waals surface area contributed by atoms with Crippen molar-refractivity contribution in [2.45, 2.75) is 19.8 Å². The Bertz CT molecular complexity index is 644. The Morgan fingerprint density at radius 1 is 1.45 bits per heavy atom. The lowest BCUT2D eigenvalue weighted by Gasteiger charge is -2.07. The molecule has 118 valence electrons. The van der Waals surface area contributed by atoms with Gasteiger partial charge in [-0.3, -0.25) is 4.79 Å². The van der Waals surface area contributed by atoms with Gasteiger partial charge in [-0.25, -0.2) is 9.37 Å². The number of nitrogens with one attached hydrogen (secondary N) is 2. The zero-order chi connectivity index (χ0) is 15.9. The molecule has 0 aliphatic carbocycles. The van der Waals surface area contributed by atoms with Gasteiger partial charge in [0.2, 0.25) is 5.91 Å². The average Bonchev–Trinajstić information content (AvgIpc) is 2.88. The molecule has 7 heteroatoms. The summed E-state index contributed by atoms with van der Waals surface area (Å²) in [6.45, 7) is 2.57. The van der Waals surface area contributed by atoms with Crippen LogP contribution in [0.1, 0.15) is 17.7 Å². The molecule has 22 heavy (non-hydrogen) atoms. The molecule has 0 atom stereocenters. The van der Waals surface area contributed by atoms with Crippen molar-refractivity contribution in [3.05, 3.63) is 40.7 Å². The number of aromatic nitrogens is 1. The number of aryl methyl sites for hydroxylation is 2. The summed E-state index contributed by atoms with van der Waals surface area (Å²) >= 11 is 1.43. The summed E-state index contributed by atoms with van der Waals surface area (Å²) in [6.07, 6.45) is 1.70. The molecule has 4 N–H and O–H groups in total. The van der Waals surface area contributed by atoms with Gasteiger partial charge in [0.05, 0.1) is 12.2 Å². The minimum absolute atomic E-state index is 0.189. The number of rotatable bonds is 7. The van der Waals surface area contributed by atoms with Crippen LogP contribution in [-0.2, 0) is 11.2 Å². The number of thiazole rings is 1. The van der Waals surface area contributed by atoms with Crippen molar-refractivity contribution in [2.24, 2.45) is 0 Å². The number of amides is 1. The Hall–Kier alpha value is -1.99. The summed E-state index contributed by atoms with van der Waals surface area (Å²) in [7, 11) is 0. The monoisotopic (exact) mass is 322 g/mol. The molecule has 0 fully saturated rings. The third-order valence-corrected chi connectivity index (χ3v) is 3.82. The maximum absolute atomic E-state index is 13.4. The average molecular weight is 322 g/mol. The van der Waals surface area contributed by atoms with Crippen molar-refractivity contribution in [1.82, 2.24) is 10.3 Å². The Morgan fingerprint density at radius 3 is 2.95 bits per heavy atom. The Balaban J connectivity index is 1.64. The number of benzene rings is 1. The molecule has 0 saturated heterocycles. The topological polar surface area (TPSA) is 80.0 Å². The lowest BCUT2D eigenvalue weighted by atomic mass is 10.2. The van der Waals surface area contributed by atoms with Crippen molar-refractivity contribution in [2.75, 3.05) is 24.1 Å². The first-order valence-electron chi connectivity index (χ1n) is 7.01. The van der Waals surface area contributed by atoms with Gasteiger partial charge in [-0.15, -0.1) is 11.3 Å². The summed E-state index contributed by atoms with van der Waals surface area (Å²) in [4.78, 5) is 15.9. The molecule has 0 bridgehead atoms. The summed E-state index contributed by atoms with van der Waals surface area (Å²) in [5, 5.41) is 8.22. The maximum atomic E-state index is 13.4. The van der Waals surface area contributed by atoms with Gasteiger partial charge in [0.15, 0.2) is 5.13 Å². The summed E-state index contributed by atoms with van der Waals surface area (Å²) in [5.74, 6) is -0.519. The fraction of sp³-hybridized carbons (Fsp3) is 0.333. The van der Waals surface area contributed by atoms with E-state index in [1.807, 2.05) is 5.38 Å². The van der Waals surface area contributed by atoms with E-state index in [2.05, 4.69) is 15.6 Å². The largest absolute Gasteiger partial charge is 0.375 e. The first kappa shape index (κ1) is 16.4. The lowest BCUT2D eigenvalue weighted by molar-refractivity contribution is -0.115. The number of nitrogens with two attached hydrogens (primary N) is 1. The van der Waals surface area contributed by atoms with Gasteiger partial charge in [-0.2, -0.15) is 0 Å². The number of hydrogen-bond acceptors (Lipinski definition) is 5. The first-order chi connectivity index (χ1) is 10.5. The molecule has 5 nitrogen and oxygen atoms in total. The first-order valence-corrected chi connectivity index (χ1v) is 7.89. The Morgan fingerprint density at radius 2 is 2.27 bits per heavy atom. The minimum Gasteiger partial charge on any atom is -0.375 e. The van der Waals surface area contributed by atoms with Crippen LogP contribution in [0.25, 0.3) is 0 Å². The highest BCUT2D eigenvalue weighted by Gasteiger charge is 2.04. The van der Waals surface area contributed by atoms with E-state index in [-0.39, 0.29) is 18.3 Å². The molecular weight excluding hydrogens is 303 g/mol. The zero-order valence-corrected chi connectivity index (χ0v) is 13.2. The number of carbonyl (C=O) groups excluding carboxylic acids is 1. The molecule has 0 unspecified atom stereocenters. The van der Waals surface area contributed by atoms with Crippen molar-refractivity contribution in [1.29, 1.82) is 0 Å². The zero-order valence-electron chi connectivity index (χ0n) is 12.4. The molecule has 2 aromatic rings. The van der Waals surface area contributed by atoms with Crippen LogP contribution in [0.15, 0.2) is 23.6 Å². The van der Waals surface area contributed by atoms with Crippen LogP contribution in [-0.4, -0.2) is 24.0 Å². The van der Waals surface area contributed by atoms with Gasteiger partial charge in [-0.05, 0) is 44.0 Å². The summed E-state index contributed by atoms with van der Waals surface area (Å²) < 4.78 is 13.4. The van der Waals surface area contributed by atoms with E-state index in [1.165, 1.54) is 17.4 Å². The number of hydrogen-bond donors (Lipinski definition) is 3. The molecule has 0 spiro atoms. The normalized spacial score (nSPS) is 10.6. The van der Waals surface area contributed by atoms with Gasteiger partial charge in [0, 0.05) is 11.1 Å². The summed E-state index contributed by atoms with van der Waals surface area (Å²) in [6, 6.07) is 4.64. The number of carbonyl (C=O) groups is 1. The van der Waals surface area contributed by atoms with Gasteiger partial charge in [0.1, 0.15) is 5.82 Å². The van der Waals surface area contributed by atoms with E-state index in [0.29, 0.717) is 22.9 Å². The number of halogens is 1. The predicted octanol–water partition coefficient (Wildman–Crippen LogP) is 2.33. The van der Waals surface area contributed by atoms with Crippen LogP contribution in [0, 0.1) is 12.7 Å². The molecule has 1 aromatic carbocycles. The van der Waals surface area contributed by atoms with Gasteiger partial charge < -0.3 is 16.4 Å². The standard InChI is InChI=1S/C15H19FN4OS/c1-10-4-5-11(7-13(10)16)19-14(21)8-18-6-2-3-12-9-22-15(17)20-12/h4-5,7,9,18H,2-3,6,8H2,1H3,(H2,17,20)(H,19,21). The lowest BCUT2D eigenvalue weighted by Crippen LogP contribution is -2.29. The molecule has 2 rings (SSSR count). The molecule has 1 aromatic heterocycles. The molecule has 0 aliphatic rings. The SMILES string of the molecule is Cc1ccc(NC(=O)CNCCCc2csc(N)n2)cc1F. The smallest absolute Gasteiger partial charge is 0.238 e. The molecule has 0 aliphatic heterocycles. The number of nitrogens with zero attached hydrogens (tertiary/aromatic N) is 1. The van der Waals surface area contributed by atoms with Crippen LogP contribution in [0.5, 0.6) is 0 Å². The van der Waals surface area contributed by atoms with Gasteiger partial charge in [-0.1, -0.05) is 6.07 Å². The van der Waals surface area contributed by atoms with Crippen LogP contribution in [0.3, 0.4) is 0 Å². The Kier molecular flexibility index (Phi) is 5.85. The van der Waals surface area contributed by atoms with Crippen molar-refractivity contribution >= 4 is 28.1 Å². The van der Waals surface area contributed by atoms with Crippen molar-refractivity contribution < 1.29 is 9.18 Å². The van der Waals surface area contributed by atoms with Crippen LogP contribution in [0.2, 0.25) is 0 Å². The van der Waals surface area contributed by atoms with E-state index < -0.39 is 0 Å². The second kappa shape index (κ2) is 7.86. The van der Waals surface area contributed by atoms with E-state index in [4.69, 9.17) is 5.73 Å². The van der Waals surface area contributed by atoms with Gasteiger partial charge in [0.25, 0.3) is 0 Å². The quantitative estimate of drug-likeness (QED) is 0.684. The van der Waals surface area contributed by atoms with Crippen LogP contribution >= 0.6 is 11.3 Å². The van der Waals surface area contributed by atoms with Gasteiger partial charge >= 0.3 is 0 Å². The summed E-state index contributed by atoms with van der Waals surface area (Å²) in [5.41, 5.74) is 7.55. The van der Waals surface area contributed by atoms with E-state index in [0.717, 1.165) is 18.5 Å². The molecule has 0 radical (unpaired) electrons. The second-order valence-corrected chi connectivity index (χ2v) is 5.86. The maximum Gasteiger partial charge on any atom is 0.238 e. The highest BCUT2D eigenvalue weighted by Crippen LogP contribution is 2.13. The third kappa shape index (κ3) is 5.09. The van der Waals surface area contributed by atoms with E-state index in [1.54, 1.807) is 19.1 Å². The third-order valence-electron chi connectivity index (χ3n) is 3.10. The highest BCUT2D eigenvalue weighted by atomic mass is 32.1. The van der Waals surface area contributed by atoms with Crippen molar-refractivity contribution in [3.8, 4) is 0 Å². The van der Waals surface area contributed by atoms with Crippen molar-refractivity contribution in [3.63, 3.8) is 0 Å². The fourth-order valence-electron chi connectivity index (χ4n) is 1.91. The molecular formula is C15H19FN4OS.